The van der Waals surface area contributed by atoms with Gasteiger partial charge in [0.05, 0.1) is 0 Å². The quantitative estimate of drug-likeness (QED) is 0.129. The first-order valence-electron chi connectivity index (χ1n) is 15.6. The van der Waals surface area contributed by atoms with Crippen LogP contribution in [0.5, 0.6) is 69.0 Å². The number of benzene rings is 7. The fraction of sp³-hybridized carbons (Fsp3) is 0. The van der Waals surface area contributed by atoms with E-state index < -0.39 is 0 Å². The molecule has 0 saturated carbocycles. The molecule has 0 heterocycles. The second-order valence-corrected chi connectivity index (χ2v) is 10.9. The van der Waals surface area contributed by atoms with Gasteiger partial charge in [0.2, 0.25) is 0 Å². The Morgan fingerprint density at radius 1 is 0.220 bits per heavy atom. The molecule has 0 N–H and O–H groups in total. The summed E-state index contributed by atoms with van der Waals surface area (Å²) in [7, 11) is 0. The van der Waals surface area contributed by atoms with Crippen LogP contribution in [0.4, 0.5) is 8.78 Å². The van der Waals surface area contributed by atoms with Crippen LogP contribution in [0.2, 0.25) is 0 Å². The Labute approximate surface area is 287 Å². The Kier molecular flexibility index (Phi) is 9.51. The summed E-state index contributed by atoms with van der Waals surface area (Å²) in [6.07, 6.45) is 0. The average Bonchev–Trinajstić information content (AvgIpc) is 3.10. The van der Waals surface area contributed by atoms with Gasteiger partial charge in [0, 0.05) is 36.4 Å². The monoisotopic (exact) mass is 666 g/mol. The van der Waals surface area contributed by atoms with Gasteiger partial charge in [-0.25, -0.2) is 8.78 Å². The van der Waals surface area contributed by atoms with Crippen molar-refractivity contribution in [2.45, 2.75) is 0 Å². The molecule has 0 radical (unpaired) electrons. The van der Waals surface area contributed by atoms with Gasteiger partial charge in [-0.15, -0.1) is 0 Å². The fourth-order valence-electron chi connectivity index (χ4n) is 4.86. The van der Waals surface area contributed by atoms with Crippen molar-refractivity contribution in [1.82, 2.24) is 0 Å². The summed E-state index contributed by atoms with van der Waals surface area (Å²) in [6, 6.07) is 47.8. The van der Waals surface area contributed by atoms with Crippen LogP contribution in [-0.2, 0) is 0 Å². The first kappa shape index (κ1) is 31.8. The zero-order valence-corrected chi connectivity index (χ0v) is 26.4. The molecule has 0 bridgehead atoms. The highest BCUT2D eigenvalue weighted by atomic mass is 19.1. The van der Waals surface area contributed by atoms with Crippen LogP contribution < -0.4 is 28.4 Å². The molecule has 7 aromatic carbocycles. The maximum Gasteiger partial charge on any atom is 0.131 e. The topological polar surface area (TPSA) is 55.4 Å². The van der Waals surface area contributed by atoms with Crippen LogP contribution in [0.1, 0.15) is 0 Å². The summed E-state index contributed by atoms with van der Waals surface area (Å²) < 4.78 is 62.8. The molecule has 0 fully saturated rings. The second-order valence-electron chi connectivity index (χ2n) is 10.9. The molecule has 0 aliphatic rings. The lowest BCUT2D eigenvalue weighted by Gasteiger charge is -2.12. The molecule has 0 aliphatic carbocycles. The molecule has 0 aromatic heterocycles. The van der Waals surface area contributed by atoms with Crippen molar-refractivity contribution < 1.29 is 37.2 Å². The lowest BCUT2D eigenvalue weighted by atomic mass is 10.3. The third-order valence-corrected chi connectivity index (χ3v) is 7.05. The summed E-state index contributed by atoms with van der Waals surface area (Å²) in [5.74, 6) is 5.69. The zero-order chi connectivity index (χ0) is 34.1. The van der Waals surface area contributed by atoms with Crippen molar-refractivity contribution in [3.8, 4) is 69.0 Å². The van der Waals surface area contributed by atoms with Gasteiger partial charge in [-0.1, -0.05) is 36.4 Å². The molecule has 0 spiro atoms. The van der Waals surface area contributed by atoms with E-state index >= 15 is 0 Å². The number of halogens is 2. The fourth-order valence-corrected chi connectivity index (χ4v) is 4.86. The van der Waals surface area contributed by atoms with Gasteiger partial charge in [-0.3, -0.25) is 0 Å². The largest absolute Gasteiger partial charge is 0.457 e. The van der Waals surface area contributed by atoms with E-state index in [0.717, 1.165) is 0 Å². The maximum atomic E-state index is 13.5. The second kappa shape index (κ2) is 15.0. The lowest BCUT2D eigenvalue weighted by Crippen LogP contribution is -1.90. The van der Waals surface area contributed by atoms with Gasteiger partial charge in [-0.05, 0) is 97.1 Å². The number of ether oxygens (including phenoxy) is 6. The van der Waals surface area contributed by atoms with Crippen molar-refractivity contribution in [3.63, 3.8) is 0 Å². The molecule has 50 heavy (non-hydrogen) atoms. The normalized spacial score (nSPS) is 10.6. The maximum absolute atomic E-state index is 13.5. The van der Waals surface area contributed by atoms with Crippen LogP contribution in [0, 0.1) is 11.6 Å². The van der Waals surface area contributed by atoms with Crippen LogP contribution in [0.3, 0.4) is 0 Å². The van der Waals surface area contributed by atoms with E-state index in [-0.39, 0.29) is 11.6 Å². The van der Waals surface area contributed by atoms with E-state index in [4.69, 9.17) is 28.4 Å². The van der Waals surface area contributed by atoms with Gasteiger partial charge in [0.1, 0.15) is 80.6 Å². The summed E-state index contributed by atoms with van der Waals surface area (Å²) in [4.78, 5) is 0. The van der Waals surface area contributed by atoms with Gasteiger partial charge in [0.25, 0.3) is 0 Å². The van der Waals surface area contributed by atoms with E-state index in [1.165, 1.54) is 24.3 Å². The minimum Gasteiger partial charge on any atom is -0.457 e. The minimum absolute atomic E-state index is 0.374. The first-order valence-corrected chi connectivity index (χ1v) is 15.6. The lowest BCUT2D eigenvalue weighted by molar-refractivity contribution is 0.446. The molecule has 0 atom stereocenters. The highest BCUT2D eigenvalue weighted by Crippen LogP contribution is 2.34. The Bertz CT molecular complexity index is 2060. The van der Waals surface area contributed by atoms with Gasteiger partial charge < -0.3 is 28.4 Å². The SMILES string of the molecule is Fc1cccc(Oc2cccc(Oc3cccc(Oc4ccc(Oc5cccc(Oc6cccc(Oc7cccc(F)c7)c6)c5)cc4)c3)c2)c1. The van der Waals surface area contributed by atoms with Crippen LogP contribution in [0.15, 0.2) is 170 Å². The Balaban J connectivity index is 0.948. The third kappa shape index (κ3) is 8.76. The van der Waals surface area contributed by atoms with Crippen molar-refractivity contribution in [2.24, 2.45) is 0 Å². The van der Waals surface area contributed by atoms with Gasteiger partial charge in [0.15, 0.2) is 0 Å². The van der Waals surface area contributed by atoms with E-state index in [1.807, 2.05) is 36.4 Å². The van der Waals surface area contributed by atoms with E-state index in [1.54, 1.807) is 109 Å². The van der Waals surface area contributed by atoms with E-state index in [9.17, 15) is 8.78 Å². The van der Waals surface area contributed by atoms with Crippen molar-refractivity contribution in [3.05, 3.63) is 181 Å². The van der Waals surface area contributed by atoms with Gasteiger partial charge in [-0.2, -0.15) is 0 Å². The Morgan fingerprint density at radius 3 is 0.660 bits per heavy atom. The molecule has 246 valence electrons. The van der Waals surface area contributed by atoms with Gasteiger partial charge >= 0.3 is 0 Å². The van der Waals surface area contributed by atoms with Crippen molar-refractivity contribution in [1.29, 1.82) is 0 Å². The van der Waals surface area contributed by atoms with Crippen molar-refractivity contribution >= 4 is 0 Å². The standard InChI is InChI=1S/C42H28F2O6/c43-29-7-1-9-33(23-29)47-37-13-5-17-41(27-37)49-39-15-3-11-35(25-39)45-31-19-21-32(22-20-31)46-36-12-4-16-40(26-36)50-42-18-6-14-38(28-42)48-34-10-2-8-30(44)24-34/h1-28H. The Hall–Kier alpha value is -6.80. The summed E-state index contributed by atoms with van der Waals surface area (Å²) >= 11 is 0. The number of hydrogen-bond donors (Lipinski definition) is 0. The molecule has 0 unspecified atom stereocenters. The molecular weight excluding hydrogens is 638 g/mol. The average molecular weight is 667 g/mol. The molecule has 0 aliphatic heterocycles. The van der Waals surface area contributed by atoms with Crippen molar-refractivity contribution in [2.75, 3.05) is 0 Å². The Morgan fingerprint density at radius 2 is 0.420 bits per heavy atom. The highest BCUT2D eigenvalue weighted by molar-refractivity contribution is 5.45. The summed E-state index contributed by atoms with van der Waals surface area (Å²) in [5, 5.41) is 0. The summed E-state index contributed by atoms with van der Waals surface area (Å²) in [6.45, 7) is 0. The molecule has 6 nitrogen and oxygen atoms in total. The minimum atomic E-state index is -0.374. The van der Waals surface area contributed by atoms with Crippen LogP contribution >= 0.6 is 0 Å². The molecule has 7 aromatic rings. The molecule has 8 heteroatoms. The van der Waals surface area contributed by atoms with Crippen LogP contribution in [-0.4, -0.2) is 0 Å². The van der Waals surface area contributed by atoms with E-state index in [0.29, 0.717) is 69.0 Å². The number of hydrogen-bond acceptors (Lipinski definition) is 6. The smallest absolute Gasteiger partial charge is 0.131 e. The third-order valence-electron chi connectivity index (χ3n) is 7.05. The predicted molar refractivity (Wildman–Crippen MR) is 185 cm³/mol. The van der Waals surface area contributed by atoms with Crippen LogP contribution in [0.25, 0.3) is 0 Å². The van der Waals surface area contributed by atoms with E-state index in [2.05, 4.69) is 0 Å². The highest BCUT2D eigenvalue weighted by Gasteiger charge is 2.08. The molecular formula is C42H28F2O6. The first-order chi connectivity index (χ1) is 24.5. The zero-order valence-electron chi connectivity index (χ0n) is 26.4. The molecule has 0 saturated heterocycles. The number of rotatable bonds is 12. The molecule has 0 amide bonds. The summed E-state index contributed by atoms with van der Waals surface area (Å²) in [5.41, 5.74) is 0. The molecule has 7 rings (SSSR count). The predicted octanol–water partition coefficient (Wildman–Crippen LogP) is 12.7.